The molecule has 16 heavy (non-hydrogen) atoms. The zero-order valence-corrected chi connectivity index (χ0v) is 9.13. The minimum atomic E-state index is -0.664. The van der Waals surface area contributed by atoms with E-state index in [0.29, 0.717) is 5.84 Å². The first kappa shape index (κ1) is 10.3. The van der Waals surface area contributed by atoms with Gasteiger partial charge in [0, 0.05) is 14.1 Å². The topological polar surface area (TPSA) is 79.8 Å². The van der Waals surface area contributed by atoms with Crippen molar-refractivity contribution in [1.29, 1.82) is 5.26 Å². The van der Waals surface area contributed by atoms with Gasteiger partial charge in [0.1, 0.15) is 0 Å². The van der Waals surface area contributed by atoms with E-state index in [9.17, 15) is 9.59 Å². The van der Waals surface area contributed by atoms with Crippen LogP contribution in [0.3, 0.4) is 0 Å². The van der Waals surface area contributed by atoms with Gasteiger partial charge in [-0.3, -0.25) is 14.6 Å². The fraction of sp³-hybridized carbons (Fsp3) is 0.444. The maximum absolute atomic E-state index is 11.9. The Morgan fingerprint density at radius 3 is 2.56 bits per heavy atom. The summed E-state index contributed by atoms with van der Waals surface area (Å²) in [5, 5.41) is 8.82. The van der Waals surface area contributed by atoms with Gasteiger partial charge < -0.3 is 0 Å². The molecule has 2 heterocycles. The summed E-state index contributed by atoms with van der Waals surface area (Å²) < 4.78 is 1.47. The maximum Gasteiger partial charge on any atom is 0.401 e. The van der Waals surface area contributed by atoms with Crippen molar-refractivity contribution in [3.63, 3.8) is 0 Å². The lowest BCUT2D eigenvalue weighted by Crippen LogP contribution is -2.61. The number of likely N-dealkylation sites (N-methyl/N-ethyl adjacent to an activating group) is 3. The molecule has 1 saturated heterocycles. The number of nitriles is 1. The molecular weight excluding hydrogens is 210 g/mol. The molecule has 0 N–H and O–H groups in total. The summed E-state index contributed by atoms with van der Waals surface area (Å²) in [4.78, 5) is 29.8. The lowest BCUT2D eigenvalue weighted by molar-refractivity contribution is -0.504. The van der Waals surface area contributed by atoms with Gasteiger partial charge in [-0.25, -0.2) is 9.37 Å². The molecule has 1 fully saturated rings. The molecule has 0 spiro atoms. The Bertz CT molecular complexity index is 499. The summed E-state index contributed by atoms with van der Waals surface area (Å²) in [5.41, 5.74) is 0. The standard InChI is InChI=1S/C9H10N5O2/c1-12-5(4-10)11-7-6(12)8(15)14(3)9(16)13(7)2/h6H,1-3H3/q+1. The fourth-order valence-corrected chi connectivity index (χ4v) is 1.78. The Balaban J connectivity index is 2.53. The Morgan fingerprint density at radius 2 is 2.00 bits per heavy atom. The summed E-state index contributed by atoms with van der Waals surface area (Å²) in [5.74, 6) is 0.0880. The van der Waals surface area contributed by atoms with Gasteiger partial charge in [-0.15, -0.1) is 0 Å². The Hall–Kier alpha value is -2.23. The van der Waals surface area contributed by atoms with E-state index in [1.165, 1.54) is 23.6 Å². The molecule has 0 radical (unpaired) electrons. The Labute approximate surface area is 91.9 Å². The number of amidine groups is 2. The molecule has 0 aliphatic carbocycles. The van der Waals surface area contributed by atoms with Gasteiger partial charge in [0.15, 0.2) is 6.07 Å². The zero-order valence-electron chi connectivity index (χ0n) is 9.13. The summed E-state index contributed by atoms with van der Waals surface area (Å²) in [6.45, 7) is 0. The SMILES string of the molecule is CN1C(=O)C2C(=NC(C#N)=[N+]2C)N(C)C1=O. The Kier molecular flexibility index (Phi) is 2.01. The van der Waals surface area contributed by atoms with Crippen molar-refractivity contribution >= 4 is 23.6 Å². The van der Waals surface area contributed by atoms with Crippen molar-refractivity contribution in [2.75, 3.05) is 21.1 Å². The van der Waals surface area contributed by atoms with E-state index < -0.39 is 12.1 Å². The molecule has 0 aromatic heterocycles. The van der Waals surface area contributed by atoms with Crippen molar-refractivity contribution in [2.24, 2.45) is 4.99 Å². The van der Waals surface area contributed by atoms with Gasteiger partial charge in [0.2, 0.25) is 0 Å². The minimum Gasteiger partial charge on any atom is -0.269 e. The van der Waals surface area contributed by atoms with Crippen LogP contribution in [0.1, 0.15) is 0 Å². The number of hydrogen-bond acceptors (Lipinski definition) is 4. The molecule has 82 valence electrons. The van der Waals surface area contributed by atoms with Gasteiger partial charge in [0.05, 0.1) is 7.05 Å². The van der Waals surface area contributed by atoms with E-state index in [-0.39, 0.29) is 11.7 Å². The fourth-order valence-electron chi connectivity index (χ4n) is 1.78. The van der Waals surface area contributed by atoms with Crippen LogP contribution in [0.15, 0.2) is 4.99 Å². The van der Waals surface area contributed by atoms with E-state index >= 15 is 0 Å². The van der Waals surface area contributed by atoms with Crippen LogP contribution in [0.5, 0.6) is 0 Å². The number of carbonyl (C=O) groups is 2. The summed E-state index contributed by atoms with van der Waals surface area (Å²) in [6.07, 6.45) is 0. The second-order valence-electron chi connectivity index (χ2n) is 3.66. The summed E-state index contributed by atoms with van der Waals surface area (Å²) >= 11 is 0. The molecule has 0 aromatic carbocycles. The summed E-state index contributed by atoms with van der Waals surface area (Å²) in [7, 11) is 4.55. The van der Waals surface area contributed by atoms with Crippen LogP contribution in [-0.4, -0.2) is 65.2 Å². The van der Waals surface area contributed by atoms with Crippen molar-refractivity contribution < 1.29 is 14.2 Å². The second-order valence-corrected chi connectivity index (χ2v) is 3.66. The monoisotopic (exact) mass is 220 g/mol. The van der Waals surface area contributed by atoms with Crippen LogP contribution < -0.4 is 0 Å². The van der Waals surface area contributed by atoms with Crippen molar-refractivity contribution in [3.8, 4) is 6.07 Å². The van der Waals surface area contributed by atoms with E-state index in [1.807, 2.05) is 6.07 Å². The lowest BCUT2D eigenvalue weighted by Gasteiger charge is -2.29. The van der Waals surface area contributed by atoms with Gasteiger partial charge in [0.25, 0.3) is 17.8 Å². The van der Waals surface area contributed by atoms with Crippen molar-refractivity contribution in [2.45, 2.75) is 6.04 Å². The van der Waals surface area contributed by atoms with Crippen LogP contribution in [0, 0.1) is 11.3 Å². The summed E-state index contributed by atoms with van der Waals surface area (Å²) in [6, 6.07) is 0.785. The molecule has 7 heteroatoms. The maximum atomic E-state index is 11.9. The molecule has 3 amide bonds. The number of urea groups is 1. The third-order valence-electron chi connectivity index (χ3n) is 2.77. The van der Waals surface area contributed by atoms with Crippen LogP contribution in [0.2, 0.25) is 0 Å². The van der Waals surface area contributed by atoms with Crippen LogP contribution in [0.4, 0.5) is 4.79 Å². The van der Waals surface area contributed by atoms with Crippen molar-refractivity contribution in [1.82, 2.24) is 9.80 Å². The number of imide groups is 1. The number of aliphatic imine (C=N–C) groups is 1. The van der Waals surface area contributed by atoms with Gasteiger partial charge in [-0.05, 0) is 4.99 Å². The minimum absolute atomic E-state index is 0.142. The number of hydrogen-bond donors (Lipinski definition) is 0. The van der Waals surface area contributed by atoms with Gasteiger partial charge in [-0.1, -0.05) is 0 Å². The first-order chi connectivity index (χ1) is 7.49. The number of amides is 3. The molecular formula is C9H10N5O2+. The number of fused-ring (bicyclic) bond motifs is 1. The van der Waals surface area contributed by atoms with Crippen LogP contribution in [0.25, 0.3) is 0 Å². The molecule has 2 aliphatic heterocycles. The average Bonchev–Trinajstić information content (AvgIpc) is 2.61. The molecule has 2 aliphatic rings. The largest absolute Gasteiger partial charge is 0.401 e. The van der Waals surface area contributed by atoms with Crippen molar-refractivity contribution in [3.05, 3.63) is 0 Å². The highest BCUT2D eigenvalue weighted by Crippen LogP contribution is 2.17. The molecule has 0 aromatic rings. The van der Waals surface area contributed by atoms with E-state index in [1.54, 1.807) is 7.05 Å². The van der Waals surface area contributed by atoms with Gasteiger partial charge >= 0.3 is 11.9 Å². The highest BCUT2D eigenvalue weighted by Gasteiger charge is 2.51. The highest BCUT2D eigenvalue weighted by molar-refractivity contribution is 6.24. The smallest absolute Gasteiger partial charge is 0.269 e. The van der Waals surface area contributed by atoms with E-state index in [4.69, 9.17) is 5.26 Å². The highest BCUT2D eigenvalue weighted by atomic mass is 16.2. The van der Waals surface area contributed by atoms with Gasteiger partial charge in [-0.2, -0.15) is 5.26 Å². The molecule has 0 saturated carbocycles. The molecule has 1 atom stereocenters. The quantitative estimate of drug-likeness (QED) is 0.484. The number of rotatable bonds is 0. The zero-order chi connectivity index (χ0) is 12.0. The first-order valence-corrected chi connectivity index (χ1v) is 4.62. The number of carbonyl (C=O) groups excluding carboxylic acids is 2. The molecule has 7 nitrogen and oxygen atoms in total. The predicted octanol–water partition coefficient (Wildman–Crippen LogP) is -1.14. The molecule has 0 bridgehead atoms. The Morgan fingerprint density at radius 1 is 1.38 bits per heavy atom. The van der Waals surface area contributed by atoms with E-state index in [2.05, 4.69) is 4.99 Å². The molecule has 2 rings (SSSR count). The third-order valence-corrected chi connectivity index (χ3v) is 2.77. The third kappa shape index (κ3) is 1.07. The first-order valence-electron chi connectivity index (χ1n) is 4.62. The number of nitrogens with zero attached hydrogens (tertiary/aromatic N) is 5. The van der Waals surface area contributed by atoms with Crippen LogP contribution >= 0.6 is 0 Å². The lowest BCUT2D eigenvalue weighted by atomic mass is 10.2. The van der Waals surface area contributed by atoms with E-state index in [0.717, 1.165) is 4.90 Å². The average molecular weight is 220 g/mol. The predicted molar refractivity (Wildman–Crippen MR) is 54.0 cm³/mol. The second kappa shape index (κ2) is 3.13. The normalized spacial score (nSPS) is 24.6. The molecule has 1 unspecified atom stereocenters. The van der Waals surface area contributed by atoms with Crippen LogP contribution in [-0.2, 0) is 4.79 Å².